The summed E-state index contributed by atoms with van der Waals surface area (Å²) >= 11 is 1.63. The van der Waals surface area contributed by atoms with Gasteiger partial charge < -0.3 is 15.0 Å². The predicted octanol–water partition coefficient (Wildman–Crippen LogP) is 4.03. The first-order valence-corrected chi connectivity index (χ1v) is 11.4. The van der Waals surface area contributed by atoms with Crippen LogP contribution in [0.2, 0.25) is 0 Å². The van der Waals surface area contributed by atoms with E-state index >= 15 is 0 Å². The number of anilines is 1. The molecule has 0 bridgehead atoms. The second-order valence-electron chi connectivity index (χ2n) is 7.12. The highest BCUT2D eigenvalue weighted by Gasteiger charge is 2.15. The quantitative estimate of drug-likeness (QED) is 0.379. The van der Waals surface area contributed by atoms with E-state index in [1.807, 2.05) is 44.4 Å². The number of thiophene rings is 1. The predicted molar refractivity (Wildman–Crippen MR) is 131 cm³/mol. The molecular formula is C24H28N4O3S. The Balaban J connectivity index is 1.61. The summed E-state index contributed by atoms with van der Waals surface area (Å²) in [6, 6.07) is 13.3. The Hall–Kier alpha value is -3.39. The zero-order chi connectivity index (χ0) is 23.1. The molecule has 3 aromatic rings. The van der Waals surface area contributed by atoms with Gasteiger partial charge in [-0.2, -0.15) is 5.10 Å². The van der Waals surface area contributed by atoms with Crippen LogP contribution >= 0.6 is 11.3 Å². The number of ether oxygens (including phenoxy) is 1. The first kappa shape index (κ1) is 23.3. The Labute approximate surface area is 192 Å². The van der Waals surface area contributed by atoms with E-state index in [1.54, 1.807) is 36.6 Å². The van der Waals surface area contributed by atoms with Crippen LogP contribution in [0, 0.1) is 0 Å². The highest BCUT2D eigenvalue weighted by Crippen LogP contribution is 2.29. The molecule has 7 nitrogen and oxygen atoms in total. The number of nitrogens with zero attached hydrogens (tertiary/aromatic N) is 2. The molecule has 2 aromatic carbocycles. The van der Waals surface area contributed by atoms with Crippen LogP contribution in [0.5, 0.6) is 5.75 Å². The first-order chi connectivity index (χ1) is 15.5. The van der Waals surface area contributed by atoms with Gasteiger partial charge in [-0.1, -0.05) is 18.2 Å². The van der Waals surface area contributed by atoms with Crippen molar-refractivity contribution in [1.29, 1.82) is 0 Å². The van der Waals surface area contributed by atoms with Crippen LogP contribution in [-0.4, -0.2) is 44.3 Å². The van der Waals surface area contributed by atoms with Gasteiger partial charge in [0.25, 0.3) is 11.8 Å². The third kappa shape index (κ3) is 5.26. The van der Waals surface area contributed by atoms with E-state index in [1.165, 1.54) is 4.70 Å². The molecule has 2 N–H and O–H groups in total. The SMILES string of the molecule is CCN(CC)c1cc(C(=O)NCC(=O)NN=C(C)c2csc3ccccc23)ccc1OC. The average Bonchev–Trinajstić information content (AvgIpc) is 3.26. The van der Waals surface area contributed by atoms with Gasteiger partial charge in [-0.3, -0.25) is 9.59 Å². The number of amides is 2. The number of benzene rings is 2. The summed E-state index contributed by atoms with van der Waals surface area (Å²) in [6.45, 7) is 7.34. The molecule has 0 aliphatic heterocycles. The van der Waals surface area contributed by atoms with E-state index in [0.717, 1.165) is 29.7 Å². The number of methoxy groups -OCH3 is 1. The summed E-state index contributed by atoms with van der Waals surface area (Å²) in [5.74, 6) is -0.0239. The normalized spacial score (nSPS) is 11.3. The minimum atomic E-state index is -0.394. The lowest BCUT2D eigenvalue weighted by atomic mass is 10.1. The molecule has 1 heterocycles. The topological polar surface area (TPSA) is 83.0 Å². The zero-order valence-corrected chi connectivity index (χ0v) is 19.6. The smallest absolute Gasteiger partial charge is 0.259 e. The van der Waals surface area contributed by atoms with Crippen molar-refractivity contribution in [1.82, 2.24) is 10.7 Å². The molecule has 0 aliphatic carbocycles. The third-order valence-electron chi connectivity index (χ3n) is 5.17. The fourth-order valence-electron chi connectivity index (χ4n) is 3.41. The molecule has 1 aromatic heterocycles. The number of hydrogen-bond donors (Lipinski definition) is 2. The van der Waals surface area contributed by atoms with Gasteiger partial charge in [0, 0.05) is 39.7 Å². The summed E-state index contributed by atoms with van der Waals surface area (Å²) in [6.07, 6.45) is 0. The Morgan fingerprint density at radius 2 is 1.88 bits per heavy atom. The summed E-state index contributed by atoms with van der Waals surface area (Å²) in [5, 5.41) is 9.97. The van der Waals surface area contributed by atoms with E-state index in [-0.39, 0.29) is 12.5 Å². The third-order valence-corrected chi connectivity index (χ3v) is 6.14. The Kier molecular flexibility index (Phi) is 7.83. The maximum absolute atomic E-state index is 12.6. The lowest BCUT2D eigenvalue weighted by Crippen LogP contribution is -2.35. The molecule has 0 atom stereocenters. The number of carbonyl (C=O) groups excluding carboxylic acids is 2. The summed E-state index contributed by atoms with van der Waals surface area (Å²) in [7, 11) is 1.60. The van der Waals surface area contributed by atoms with Gasteiger partial charge in [-0.05, 0) is 45.0 Å². The van der Waals surface area contributed by atoms with Gasteiger partial charge in [-0.15, -0.1) is 11.3 Å². The van der Waals surface area contributed by atoms with Gasteiger partial charge in [-0.25, -0.2) is 5.43 Å². The highest BCUT2D eigenvalue weighted by molar-refractivity contribution is 7.17. The highest BCUT2D eigenvalue weighted by atomic mass is 32.1. The van der Waals surface area contributed by atoms with Crippen LogP contribution in [0.4, 0.5) is 5.69 Å². The molecule has 0 fully saturated rings. The molecule has 0 unspecified atom stereocenters. The number of nitrogens with one attached hydrogen (secondary N) is 2. The molecule has 2 amide bonds. The maximum atomic E-state index is 12.6. The van der Waals surface area contributed by atoms with E-state index in [2.05, 4.69) is 26.8 Å². The van der Waals surface area contributed by atoms with Crippen molar-refractivity contribution in [3.8, 4) is 5.75 Å². The minimum Gasteiger partial charge on any atom is -0.495 e. The number of fused-ring (bicyclic) bond motifs is 1. The van der Waals surface area contributed by atoms with Crippen LogP contribution in [0.1, 0.15) is 36.7 Å². The van der Waals surface area contributed by atoms with Crippen LogP contribution < -0.4 is 20.4 Å². The van der Waals surface area contributed by atoms with Crippen molar-refractivity contribution < 1.29 is 14.3 Å². The number of carbonyl (C=O) groups is 2. The number of rotatable bonds is 9. The molecule has 8 heteroatoms. The largest absolute Gasteiger partial charge is 0.495 e. The average molecular weight is 453 g/mol. The van der Waals surface area contributed by atoms with Crippen molar-refractivity contribution in [2.24, 2.45) is 5.10 Å². The zero-order valence-electron chi connectivity index (χ0n) is 18.8. The standard InChI is InChI=1S/C24H28N4O3S/c1-5-28(6-2)20-13-17(11-12-21(20)31-4)24(30)25-14-23(29)27-26-16(3)19-15-32-22-10-8-7-9-18(19)22/h7-13,15H,5-6,14H2,1-4H3,(H,25,30)(H,27,29). The molecule has 0 spiro atoms. The van der Waals surface area contributed by atoms with Gasteiger partial charge in [0.15, 0.2) is 0 Å². The lowest BCUT2D eigenvalue weighted by Gasteiger charge is -2.23. The Bertz CT molecular complexity index is 1140. The van der Waals surface area contributed by atoms with Crippen molar-refractivity contribution >= 4 is 44.6 Å². The fraction of sp³-hybridized carbons (Fsp3) is 0.292. The molecule has 32 heavy (non-hydrogen) atoms. The number of hydrazone groups is 1. The first-order valence-electron chi connectivity index (χ1n) is 10.5. The fourth-order valence-corrected chi connectivity index (χ4v) is 4.41. The van der Waals surface area contributed by atoms with Crippen LogP contribution in [0.3, 0.4) is 0 Å². The second kappa shape index (κ2) is 10.8. The van der Waals surface area contributed by atoms with Crippen molar-refractivity contribution in [3.05, 3.63) is 59.0 Å². The van der Waals surface area contributed by atoms with Crippen molar-refractivity contribution in [3.63, 3.8) is 0 Å². The summed E-state index contributed by atoms with van der Waals surface area (Å²) in [5.41, 5.74) is 5.52. The Morgan fingerprint density at radius 3 is 2.59 bits per heavy atom. The summed E-state index contributed by atoms with van der Waals surface area (Å²) < 4.78 is 6.59. The van der Waals surface area contributed by atoms with Gasteiger partial charge >= 0.3 is 0 Å². The van der Waals surface area contributed by atoms with Crippen molar-refractivity contribution in [2.45, 2.75) is 20.8 Å². The molecule has 0 radical (unpaired) electrons. The lowest BCUT2D eigenvalue weighted by molar-refractivity contribution is -0.120. The summed E-state index contributed by atoms with van der Waals surface area (Å²) in [4.78, 5) is 26.9. The van der Waals surface area contributed by atoms with Crippen LogP contribution in [0.15, 0.2) is 52.9 Å². The molecular weight excluding hydrogens is 424 g/mol. The van der Waals surface area contributed by atoms with Gasteiger partial charge in [0.05, 0.1) is 25.1 Å². The van der Waals surface area contributed by atoms with E-state index < -0.39 is 5.91 Å². The molecule has 168 valence electrons. The van der Waals surface area contributed by atoms with Gasteiger partial charge in [0.1, 0.15) is 5.75 Å². The van der Waals surface area contributed by atoms with E-state index in [4.69, 9.17) is 4.74 Å². The van der Waals surface area contributed by atoms with E-state index in [9.17, 15) is 9.59 Å². The van der Waals surface area contributed by atoms with E-state index in [0.29, 0.717) is 17.0 Å². The monoisotopic (exact) mass is 452 g/mol. The molecule has 3 rings (SSSR count). The van der Waals surface area contributed by atoms with Gasteiger partial charge in [0.2, 0.25) is 0 Å². The number of hydrogen-bond acceptors (Lipinski definition) is 6. The second-order valence-corrected chi connectivity index (χ2v) is 8.03. The molecule has 0 saturated heterocycles. The minimum absolute atomic E-state index is 0.174. The van der Waals surface area contributed by atoms with Crippen LogP contribution in [-0.2, 0) is 4.79 Å². The van der Waals surface area contributed by atoms with Crippen molar-refractivity contribution in [2.75, 3.05) is 31.6 Å². The maximum Gasteiger partial charge on any atom is 0.259 e. The molecule has 0 aliphatic rings. The molecule has 0 saturated carbocycles. The van der Waals surface area contributed by atoms with Crippen LogP contribution in [0.25, 0.3) is 10.1 Å². The Morgan fingerprint density at radius 1 is 1.12 bits per heavy atom.